The topological polar surface area (TPSA) is 66.4 Å². The molecule has 0 amide bonds. The summed E-state index contributed by atoms with van der Waals surface area (Å²) in [5, 5.41) is 13.6. The molecule has 6 heteroatoms. The Hall–Kier alpha value is -1.21. The molecule has 2 rings (SSSR count). The second kappa shape index (κ2) is 6.49. The zero-order valence-corrected chi connectivity index (χ0v) is 12.7. The van der Waals surface area contributed by atoms with Gasteiger partial charge >= 0.3 is 0 Å². The fourth-order valence-corrected chi connectivity index (χ4v) is 3.52. The van der Waals surface area contributed by atoms with Gasteiger partial charge in [-0.3, -0.25) is 0 Å². The molecule has 1 heterocycles. The number of hydrogen-bond donors (Lipinski definition) is 2. The lowest BCUT2D eigenvalue weighted by molar-refractivity contribution is 0.173. The molecule has 0 aliphatic carbocycles. The number of nitrogens with one attached hydrogen (secondary N) is 1. The molecule has 1 aromatic carbocycles. The average molecular weight is 311 g/mol. The van der Waals surface area contributed by atoms with Crippen LogP contribution in [0.5, 0.6) is 0 Å². The van der Waals surface area contributed by atoms with E-state index in [-0.39, 0.29) is 11.4 Å². The lowest BCUT2D eigenvalue weighted by atomic mass is 10.1. The van der Waals surface area contributed by atoms with Crippen molar-refractivity contribution in [1.82, 2.24) is 4.72 Å². The predicted octanol–water partition coefficient (Wildman–Crippen LogP) is 2.67. The Balaban J connectivity index is 2.16. The number of sulfonamides is 1. The molecule has 108 valence electrons. The Kier molecular flexibility index (Phi) is 4.93. The highest BCUT2D eigenvalue weighted by Gasteiger charge is 2.15. The molecule has 2 N–H and O–H groups in total. The smallest absolute Gasteiger partial charge is 0.240 e. The Bertz CT molecular complexity index is 651. The minimum Gasteiger partial charge on any atom is -0.388 e. The minimum atomic E-state index is -3.56. The zero-order chi connectivity index (χ0) is 14.6. The molecule has 2 aromatic rings. The van der Waals surface area contributed by atoms with E-state index in [1.807, 2.05) is 23.8 Å². The first-order valence-corrected chi connectivity index (χ1v) is 8.74. The number of rotatable bonds is 6. The molecule has 0 spiro atoms. The first-order chi connectivity index (χ1) is 9.53. The van der Waals surface area contributed by atoms with Gasteiger partial charge in [0.1, 0.15) is 0 Å². The zero-order valence-electron chi connectivity index (χ0n) is 11.1. The maximum Gasteiger partial charge on any atom is 0.240 e. The summed E-state index contributed by atoms with van der Waals surface area (Å²) >= 11 is 1.53. The first-order valence-electron chi connectivity index (χ1n) is 6.31. The van der Waals surface area contributed by atoms with Crippen LogP contribution in [0.15, 0.2) is 46.0 Å². The standard InChI is InChI=1S/C14H17NO3S2/c1-2-14(16)12-4-3-5-13(8-12)20(17,18)15-9-11-6-7-19-10-11/h3-8,10,14-16H,2,9H2,1H3. The molecule has 0 bridgehead atoms. The molecule has 1 atom stereocenters. The third-order valence-electron chi connectivity index (χ3n) is 2.99. The lowest BCUT2D eigenvalue weighted by Crippen LogP contribution is -2.23. The molecule has 0 saturated carbocycles. The van der Waals surface area contributed by atoms with Crippen molar-refractivity contribution in [2.75, 3.05) is 0 Å². The van der Waals surface area contributed by atoms with Crippen molar-refractivity contribution in [3.8, 4) is 0 Å². The monoisotopic (exact) mass is 311 g/mol. The van der Waals surface area contributed by atoms with E-state index in [2.05, 4.69) is 4.72 Å². The normalized spacial score (nSPS) is 13.3. The van der Waals surface area contributed by atoms with Crippen molar-refractivity contribution in [2.45, 2.75) is 30.9 Å². The Morgan fingerprint density at radius 3 is 2.80 bits per heavy atom. The summed E-state index contributed by atoms with van der Waals surface area (Å²) in [4.78, 5) is 0.178. The first kappa shape index (κ1) is 15.2. The summed E-state index contributed by atoms with van der Waals surface area (Å²) in [6.45, 7) is 2.12. The van der Waals surface area contributed by atoms with Crippen molar-refractivity contribution >= 4 is 21.4 Å². The molecule has 0 radical (unpaired) electrons. The maximum atomic E-state index is 12.2. The highest BCUT2D eigenvalue weighted by atomic mass is 32.2. The molecule has 20 heavy (non-hydrogen) atoms. The van der Waals surface area contributed by atoms with Crippen LogP contribution in [0.2, 0.25) is 0 Å². The third kappa shape index (κ3) is 3.67. The summed E-state index contributed by atoms with van der Waals surface area (Å²) < 4.78 is 27.0. The molecule has 4 nitrogen and oxygen atoms in total. The van der Waals surface area contributed by atoms with E-state index >= 15 is 0 Å². The van der Waals surface area contributed by atoms with Gasteiger partial charge in [0, 0.05) is 6.54 Å². The second-order valence-corrected chi connectivity index (χ2v) is 7.00. The van der Waals surface area contributed by atoms with Crippen molar-refractivity contribution in [1.29, 1.82) is 0 Å². The Morgan fingerprint density at radius 1 is 1.35 bits per heavy atom. The molecule has 0 aliphatic rings. The van der Waals surface area contributed by atoms with Crippen LogP contribution in [0.25, 0.3) is 0 Å². The largest absolute Gasteiger partial charge is 0.388 e. The molecule has 0 saturated heterocycles. The highest BCUT2D eigenvalue weighted by molar-refractivity contribution is 7.89. The van der Waals surface area contributed by atoms with Gasteiger partial charge in [0.2, 0.25) is 10.0 Å². The van der Waals surface area contributed by atoms with Crippen molar-refractivity contribution < 1.29 is 13.5 Å². The number of aliphatic hydroxyl groups excluding tert-OH is 1. The van der Waals surface area contributed by atoms with Gasteiger partial charge in [0.15, 0.2) is 0 Å². The van der Waals surface area contributed by atoms with Crippen LogP contribution >= 0.6 is 11.3 Å². The lowest BCUT2D eigenvalue weighted by Gasteiger charge is -2.11. The predicted molar refractivity (Wildman–Crippen MR) is 80.0 cm³/mol. The SMILES string of the molecule is CCC(O)c1cccc(S(=O)(=O)NCc2ccsc2)c1. The van der Waals surface area contributed by atoms with Crippen LogP contribution in [0.3, 0.4) is 0 Å². The van der Waals surface area contributed by atoms with Crippen LogP contribution in [0.4, 0.5) is 0 Å². The molecular weight excluding hydrogens is 294 g/mol. The van der Waals surface area contributed by atoms with Crippen molar-refractivity contribution in [3.05, 3.63) is 52.2 Å². The molecule has 1 aromatic heterocycles. The second-order valence-electron chi connectivity index (χ2n) is 4.45. The van der Waals surface area contributed by atoms with Gasteiger partial charge in [-0.15, -0.1) is 0 Å². The number of benzene rings is 1. The third-order valence-corrected chi connectivity index (χ3v) is 5.12. The fraction of sp³-hybridized carbons (Fsp3) is 0.286. The van der Waals surface area contributed by atoms with Crippen LogP contribution in [-0.4, -0.2) is 13.5 Å². The van der Waals surface area contributed by atoms with Gasteiger partial charge in [-0.05, 0) is 46.5 Å². The van der Waals surface area contributed by atoms with E-state index in [9.17, 15) is 13.5 Å². The summed E-state index contributed by atoms with van der Waals surface area (Å²) in [6.07, 6.45) is -0.0896. The minimum absolute atomic E-state index is 0.178. The Labute approximate surface area is 123 Å². The Morgan fingerprint density at radius 2 is 2.15 bits per heavy atom. The van der Waals surface area contributed by atoms with Crippen LogP contribution in [-0.2, 0) is 16.6 Å². The van der Waals surface area contributed by atoms with Gasteiger partial charge in [-0.1, -0.05) is 19.1 Å². The van der Waals surface area contributed by atoms with Gasteiger partial charge < -0.3 is 5.11 Å². The van der Waals surface area contributed by atoms with Crippen molar-refractivity contribution in [3.63, 3.8) is 0 Å². The fourth-order valence-electron chi connectivity index (χ4n) is 1.78. The van der Waals surface area contributed by atoms with Gasteiger partial charge in [0.25, 0.3) is 0 Å². The summed E-state index contributed by atoms with van der Waals surface area (Å²) in [7, 11) is -3.56. The van der Waals surface area contributed by atoms with E-state index < -0.39 is 16.1 Å². The number of aliphatic hydroxyl groups is 1. The summed E-state index contributed by atoms with van der Waals surface area (Å²) in [5.41, 5.74) is 1.55. The van der Waals surface area contributed by atoms with Gasteiger partial charge in [-0.2, -0.15) is 11.3 Å². The number of thiophene rings is 1. The van der Waals surface area contributed by atoms with Crippen molar-refractivity contribution in [2.24, 2.45) is 0 Å². The van der Waals surface area contributed by atoms with Crippen LogP contribution < -0.4 is 4.72 Å². The van der Waals surface area contributed by atoms with Crippen LogP contribution in [0.1, 0.15) is 30.6 Å². The molecule has 1 unspecified atom stereocenters. The van der Waals surface area contributed by atoms with E-state index in [0.717, 1.165) is 5.56 Å². The molecule has 0 fully saturated rings. The van der Waals surface area contributed by atoms with Gasteiger partial charge in [-0.25, -0.2) is 13.1 Å². The number of hydrogen-bond acceptors (Lipinski definition) is 4. The summed E-state index contributed by atoms with van der Waals surface area (Å²) in [5.74, 6) is 0. The van der Waals surface area contributed by atoms with Crippen LogP contribution in [0, 0.1) is 0 Å². The average Bonchev–Trinajstić information content (AvgIpc) is 2.98. The highest BCUT2D eigenvalue weighted by Crippen LogP contribution is 2.20. The van der Waals surface area contributed by atoms with E-state index in [0.29, 0.717) is 12.0 Å². The molecule has 0 aliphatic heterocycles. The van der Waals surface area contributed by atoms with E-state index in [1.54, 1.807) is 12.1 Å². The van der Waals surface area contributed by atoms with E-state index in [4.69, 9.17) is 0 Å². The maximum absolute atomic E-state index is 12.2. The molecular formula is C14H17NO3S2. The summed E-state index contributed by atoms with van der Waals surface area (Å²) in [6, 6.07) is 8.30. The quantitative estimate of drug-likeness (QED) is 0.862. The van der Waals surface area contributed by atoms with E-state index in [1.165, 1.54) is 23.5 Å². The van der Waals surface area contributed by atoms with Gasteiger partial charge in [0.05, 0.1) is 11.0 Å².